The van der Waals surface area contributed by atoms with E-state index >= 15 is 0 Å². The molecule has 1 N–H and O–H groups in total. The molecule has 114 valence electrons. The molecular formula is C16H17N3O3. The molecule has 0 radical (unpaired) electrons. The van der Waals surface area contributed by atoms with Gasteiger partial charge >= 0.3 is 5.97 Å². The Morgan fingerprint density at radius 3 is 2.68 bits per heavy atom. The number of amides is 1. The van der Waals surface area contributed by atoms with Crippen molar-refractivity contribution in [2.45, 2.75) is 19.5 Å². The summed E-state index contributed by atoms with van der Waals surface area (Å²) in [4.78, 5) is 25.5. The van der Waals surface area contributed by atoms with E-state index in [-0.39, 0.29) is 18.9 Å². The molecule has 0 bridgehead atoms. The maximum Gasteiger partial charge on any atom is 0.310 e. The van der Waals surface area contributed by atoms with Crippen LogP contribution in [0, 0.1) is 5.92 Å². The third kappa shape index (κ3) is 3.00. The second-order valence-corrected chi connectivity index (χ2v) is 5.48. The van der Waals surface area contributed by atoms with Crippen LogP contribution in [0.2, 0.25) is 0 Å². The molecule has 1 aromatic carbocycles. The Kier molecular flexibility index (Phi) is 3.91. The second-order valence-electron chi connectivity index (χ2n) is 5.48. The molecule has 0 saturated heterocycles. The first-order valence-electron chi connectivity index (χ1n) is 7.18. The number of carbonyl (C=O) groups excluding carboxylic acids is 1. The van der Waals surface area contributed by atoms with Gasteiger partial charge < -0.3 is 10.0 Å². The van der Waals surface area contributed by atoms with E-state index in [4.69, 9.17) is 0 Å². The lowest BCUT2D eigenvalue weighted by molar-refractivity contribution is -0.144. The second kappa shape index (κ2) is 6.01. The lowest BCUT2D eigenvalue weighted by atomic mass is 10.1. The van der Waals surface area contributed by atoms with Gasteiger partial charge in [-0.1, -0.05) is 30.3 Å². The van der Waals surface area contributed by atoms with Crippen molar-refractivity contribution in [3.8, 4) is 0 Å². The van der Waals surface area contributed by atoms with Crippen LogP contribution in [0.4, 0.5) is 0 Å². The van der Waals surface area contributed by atoms with Gasteiger partial charge in [0.25, 0.3) is 0 Å². The standard InChI is InChI=1S/C16H17N3O3/c20-15(8-12-4-2-1-3-5-12)18-9-13(16(21)22)10-19-14(11-18)6-7-17-19/h1-7,13H,8-11H2,(H,21,22). The molecule has 0 fully saturated rings. The van der Waals surface area contributed by atoms with Crippen molar-refractivity contribution in [2.24, 2.45) is 5.92 Å². The lowest BCUT2D eigenvalue weighted by Crippen LogP contribution is -2.37. The Morgan fingerprint density at radius 1 is 1.18 bits per heavy atom. The summed E-state index contributed by atoms with van der Waals surface area (Å²) < 4.78 is 1.68. The van der Waals surface area contributed by atoms with Crippen LogP contribution in [0.5, 0.6) is 0 Å². The van der Waals surface area contributed by atoms with Gasteiger partial charge in [0.2, 0.25) is 5.91 Å². The van der Waals surface area contributed by atoms with E-state index in [0.29, 0.717) is 13.1 Å². The lowest BCUT2D eigenvalue weighted by Gasteiger charge is -2.22. The van der Waals surface area contributed by atoms with Crippen molar-refractivity contribution < 1.29 is 14.7 Å². The fraction of sp³-hybridized carbons (Fsp3) is 0.312. The number of rotatable bonds is 3. The molecule has 0 spiro atoms. The van der Waals surface area contributed by atoms with Crippen LogP contribution in [0.15, 0.2) is 42.6 Å². The Bertz CT molecular complexity index is 681. The Hall–Kier alpha value is -2.63. The quantitative estimate of drug-likeness (QED) is 0.923. The number of carboxylic acids is 1. The summed E-state index contributed by atoms with van der Waals surface area (Å²) in [6.07, 6.45) is 1.92. The Balaban J connectivity index is 1.80. The van der Waals surface area contributed by atoms with E-state index < -0.39 is 11.9 Å². The van der Waals surface area contributed by atoms with Crippen LogP contribution < -0.4 is 0 Å². The highest BCUT2D eigenvalue weighted by Crippen LogP contribution is 2.17. The third-order valence-corrected chi connectivity index (χ3v) is 3.89. The number of hydrogen-bond acceptors (Lipinski definition) is 3. The topological polar surface area (TPSA) is 75.4 Å². The summed E-state index contributed by atoms with van der Waals surface area (Å²) in [5.74, 6) is -1.60. The van der Waals surface area contributed by atoms with Gasteiger partial charge in [0.15, 0.2) is 0 Å². The number of nitrogens with zero attached hydrogens (tertiary/aromatic N) is 3. The summed E-state index contributed by atoms with van der Waals surface area (Å²) in [6.45, 7) is 0.909. The largest absolute Gasteiger partial charge is 0.481 e. The van der Waals surface area contributed by atoms with Gasteiger partial charge in [-0.25, -0.2) is 0 Å². The van der Waals surface area contributed by atoms with Crippen LogP contribution >= 0.6 is 0 Å². The fourth-order valence-electron chi connectivity index (χ4n) is 2.68. The SMILES string of the molecule is O=C(O)C1CN(C(=O)Cc2ccccc2)Cc2ccnn2C1. The number of benzene rings is 1. The van der Waals surface area contributed by atoms with Crippen molar-refractivity contribution in [1.29, 1.82) is 0 Å². The number of carbonyl (C=O) groups is 2. The minimum atomic E-state index is -0.902. The van der Waals surface area contributed by atoms with Gasteiger partial charge in [-0.2, -0.15) is 5.10 Å². The van der Waals surface area contributed by atoms with Gasteiger partial charge in [-0.05, 0) is 11.6 Å². The van der Waals surface area contributed by atoms with Gasteiger partial charge in [-0.15, -0.1) is 0 Å². The predicted molar refractivity (Wildman–Crippen MR) is 78.9 cm³/mol. The van der Waals surface area contributed by atoms with Crippen molar-refractivity contribution in [3.63, 3.8) is 0 Å². The number of aromatic nitrogens is 2. The molecule has 6 heteroatoms. The van der Waals surface area contributed by atoms with E-state index in [9.17, 15) is 14.7 Å². The number of hydrogen-bond donors (Lipinski definition) is 1. The first-order chi connectivity index (χ1) is 10.6. The van der Waals surface area contributed by atoms with Gasteiger partial charge in [0.1, 0.15) is 0 Å². The summed E-state index contributed by atoms with van der Waals surface area (Å²) in [5, 5.41) is 13.5. The molecule has 1 amide bonds. The van der Waals surface area contributed by atoms with Crippen molar-refractivity contribution in [1.82, 2.24) is 14.7 Å². The van der Waals surface area contributed by atoms with Crippen molar-refractivity contribution in [3.05, 3.63) is 53.9 Å². The van der Waals surface area contributed by atoms with Crippen LogP contribution in [0.3, 0.4) is 0 Å². The molecule has 3 rings (SSSR count). The van der Waals surface area contributed by atoms with Gasteiger partial charge in [-0.3, -0.25) is 14.3 Å². The zero-order chi connectivity index (χ0) is 15.5. The summed E-state index contributed by atoms with van der Waals surface area (Å²) in [6, 6.07) is 11.3. The summed E-state index contributed by atoms with van der Waals surface area (Å²) in [7, 11) is 0. The predicted octanol–water partition coefficient (Wildman–Crippen LogP) is 1.17. The zero-order valence-corrected chi connectivity index (χ0v) is 12.1. The maximum absolute atomic E-state index is 12.5. The molecule has 1 atom stereocenters. The monoisotopic (exact) mass is 299 g/mol. The molecule has 6 nitrogen and oxygen atoms in total. The highest BCUT2D eigenvalue weighted by Gasteiger charge is 2.29. The molecule has 1 aliphatic rings. The first kappa shape index (κ1) is 14.3. The minimum Gasteiger partial charge on any atom is -0.481 e. The average Bonchev–Trinajstić information content (AvgIpc) is 2.85. The molecule has 1 unspecified atom stereocenters. The smallest absolute Gasteiger partial charge is 0.310 e. The normalized spacial score (nSPS) is 17.6. The van der Waals surface area contributed by atoms with Crippen LogP contribution in [-0.4, -0.2) is 38.2 Å². The molecule has 22 heavy (non-hydrogen) atoms. The van der Waals surface area contributed by atoms with Crippen LogP contribution in [0.25, 0.3) is 0 Å². The fourth-order valence-corrected chi connectivity index (χ4v) is 2.68. The minimum absolute atomic E-state index is 0.0629. The van der Waals surface area contributed by atoms with E-state index in [1.807, 2.05) is 36.4 Å². The highest BCUT2D eigenvalue weighted by atomic mass is 16.4. The molecule has 1 aliphatic heterocycles. The molecule has 0 aliphatic carbocycles. The Labute approximate surface area is 128 Å². The molecule has 1 aromatic heterocycles. The highest BCUT2D eigenvalue weighted by molar-refractivity contribution is 5.80. The van der Waals surface area contributed by atoms with Crippen molar-refractivity contribution >= 4 is 11.9 Å². The van der Waals surface area contributed by atoms with Crippen molar-refractivity contribution in [2.75, 3.05) is 6.54 Å². The van der Waals surface area contributed by atoms with E-state index in [1.54, 1.807) is 15.8 Å². The third-order valence-electron chi connectivity index (χ3n) is 3.89. The molecule has 2 aromatic rings. The maximum atomic E-state index is 12.5. The van der Waals surface area contributed by atoms with Gasteiger partial charge in [0.05, 0.1) is 31.1 Å². The number of fused-ring (bicyclic) bond motifs is 1. The summed E-state index contributed by atoms with van der Waals surface area (Å²) >= 11 is 0. The van der Waals surface area contributed by atoms with Gasteiger partial charge in [0, 0.05) is 12.7 Å². The first-order valence-corrected chi connectivity index (χ1v) is 7.18. The van der Waals surface area contributed by atoms with Crippen LogP contribution in [0.1, 0.15) is 11.3 Å². The average molecular weight is 299 g/mol. The zero-order valence-electron chi connectivity index (χ0n) is 12.1. The van der Waals surface area contributed by atoms with Crippen LogP contribution in [-0.2, 0) is 29.1 Å². The van der Waals surface area contributed by atoms with E-state index in [2.05, 4.69) is 5.10 Å². The molecular weight excluding hydrogens is 282 g/mol. The Morgan fingerprint density at radius 2 is 1.95 bits per heavy atom. The molecule has 0 saturated carbocycles. The number of aliphatic carboxylic acids is 1. The van der Waals surface area contributed by atoms with E-state index in [1.165, 1.54) is 0 Å². The number of carboxylic acid groups (broad SMARTS) is 1. The molecule has 2 heterocycles. The van der Waals surface area contributed by atoms with E-state index in [0.717, 1.165) is 11.3 Å². The summed E-state index contributed by atoms with van der Waals surface area (Å²) in [5.41, 5.74) is 1.79.